The predicted molar refractivity (Wildman–Crippen MR) is 68.5 cm³/mol. The first-order chi connectivity index (χ1) is 7.83. The molecule has 1 aromatic carbocycles. The zero-order valence-electron chi connectivity index (χ0n) is 10.1. The van der Waals surface area contributed by atoms with Crippen LogP contribution in [0.15, 0.2) is 43.0 Å². The van der Waals surface area contributed by atoms with Crippen molar-refractivity contribution in [3.8, 4) is 0 Å². The average molecular weight is 219 g/mol. The molecule has 16 heavy (non-hydrogen) atoms. The van der Waals surface area contributed by atoms with Crippen LogP contribution in [0.4, 0.5) is 0 Å². The van der Waals surface area contributed by atoms with Gasteiger partial charge in [0.05, 0.1) is 6.04 Å². The maximum Gasteiger partial charge on any atom is 0.101 e. The third-order valence-corrected chi connectivity index (χ3v) is 2.59. The zero-order chi connectivity index (χ0) is 11.8. The molecule has 0 saturated carbocycles. The van der Waals surface area contributed by atoms with E-state index >= 15 is 0 Å². The number of benzene rings is 1. The van der Waals surface area contributed by atoms with Crippen molar-refractivity contribution in [3.63, 3.8) is 0 Å². The van der Waals surface area contributed by atoms with Crippen molar-refractivity contribution in [1.82, 2.24) is 5.32 Å². The number of ether oxygens (including phenoxy) is 1. The maximum atomic E-state index is 5.55. The highest BCUT2D eigenvalue weighted by molar-refractivity contribution is 5.20. The van der Waals surface area contributed by atoms with E-state index in [1.807, 2.05) is 24.3 Å². The van der Waals surface area contributed by atoms with Crippen molar-refractivity contribution in [1.29, 1.82) is 0 Å². The van der Waals surface area contributed by atoms with Crippen LogP contribution in [0.2, 0.25) is 0 Å². The minimum absolute atomic E-state index is 0.0326. The molecule has 2 atom stereocenters. The molecule has 88 valence electrons. The lowest BCUT2D eigenvalue weighted by Gasteiger charge is -2.24. The predicted octanol–water partition coefficient (Wildman–Crippen LogP) is 2.93. The number of nitrogens with one attached hydrogen (secondary N) is 1. The Labute approximate surface area is 98.3 Å². The highest BCUT2D eigenvalue weighted by Crippen LogP contribution is 2.20. The van der Waals surface area contributed by atoms with E-state index in [2.05, 4.69) is 31.0 Å². The standard InChI is InChI=1S/C14H21NO/c1-4-11-15-13(5-2)14(16-3)12-9-7-6-8-10-12/h5-10,13-15H,2,4,11H2,1,3H3. The lowest BCUT2D eigenvalue weighted by molar-refractivity contribution is 0.0821. The molecule has 0 amide bonds. The van der Waals surface area contributed by atoms with Gasteiger partial charge in [-0.2, -0.15) is 0 Å². The van der Waals surface area contributed by atoms with Crippen molar-refractivity contribution < 1.29 is 4.74 Å². The topological polar surface area (TPSA) is 21.3 Å². The van der Waals surface area contributed by atoms with Gasteiger partial charge >= 0.3 is 0 Å². The Morgan fingerprint density at radius 3 is 2.56 bits per heavy atom. The molecule has 0 aliphatic heterocycles. The van der Waals surface area contributed by atoms with Gasteiger partial charge in [0, 0.05) is 7.11 Å². The monoisotopic (exact) mass is 219 g/mol. The van der Waals surface area contributed by atoms with Crippen molar-refractivity contribution in [3.05, 3.63) is 48.6 Å². The molecule has 0 aliphatic carbocycles. The summed E-state index contributed by atoms with van der Waals surface area (Å²) in [4.78, 5) is 0. The fourth-order valence-electron chi connectivity index (χ4n) is 1.76. The van der Waals surface area contributed by atoms with E-state index in [0.29, 0.717) is 0 Å². The average Bonchev–Trinajstić information content (AvgIpc) is 2.35. The molecule has 0 saturated heterocycles. The Morgan fingerprint density at radius 1 is 1.38 bits per heavy atom. The van der Waals surface area contributed by atoms with Gasteiger partial charge in [0.2, 0.25) is 0 Å². The van der Waals surface area contributed by atoms with Gasteiger partial charge in [-0.25, -0.2) is 0 Å². The summed E-state index contributed by atoms with van der Waals surface area (Å²) in [6.07, 6.45) is 3.05. The Kier molecular flexibility index (Phi) is 5.83. The van der Waals surface area contributed by atoms with E-state index in [0.717, 1.165) is 13.0 Å². The highest BCUT2D eigenvalue weighted by Gasteiger charge is 2.18. The molecule has 1 aromatic rings. The van der Waals surface area contributed by atoms with Gasteiger partial charge in [-0.1, -0.05) is 43.3 Å². The van der Waals surface area contributed by atoms with Crippen LogP contribution in [-0.4, -0.2) is 19.7 Å². The van der Waals surface area contributed by atoms with E-state index in [9.17, 15) is 0 Å². The molecule has 0 bridgehead atoms. The van der Waals surface area contributed by atoms with Crippen LogP contribution >= 0.6 is 0 Å². The second-order valence-corrected chi connectivity index (χ2v) is 3.78. The van der Waals surface area contributed by atoms with E-state index in [1.165, 1.54) is 5.56 Å². The molecule has 0 heterocycles. The van der Waals surface area contributed by atoms with Gasteiger partial charge < -0.3 is 10.1 Å². The van der Waals surface area contributed by atoms with Crippen molar-refractivity contribution in [2.24, 2.45) is 0 Å². The minimum Gasteiger partial charge on any atom is -0.375 e. The largest absolute Gasteiger partial charge is 0.375 e. The van der Waals surface area contributed by atoms with Gasteiger partial charge in [0.15, 0.2) is 0 Å². The Bertz CT molecular complexity index is 297. The number of rotatable bonds is 7. The van der Waals surface area contributed by atoms with Gasteiger partial charge in [0.25, 0.3) is 0 Å². The number of hydrogen-bond donors (Lipinski definition) is 1. The second-order valence-electron chi connectivity index (χ2n) is 3.78. The summed E-state index contributed by atoms with van der Waals surface area (Å²) in [5, 5.41) is 3.43. The van der Waals surface area contributed by atoms with E-state index in [-0.39, 0.29) is 12.1 Å². The van der Waals surface area contributed by atoms with Crippen LogP contribution in [0.5, 0.6) is 0 Å². The quantitative estimate of drug-likeness (QED) is 0.712. The molecule has 0 aromatic heterocycles. The van der Waals surface area contributed by atoms with Crippen LogP contribution < -0.4 is 5.32 Å². The normalized spacial score (nSPS) is 14.4. The van der Waals surface area contributed by atoms with Crippen LogP contribution in [0.25, 0.3) is 0 Å². The summed E-state index contributed by atoms with van der Waals surface area (Å²) in [5.41, 5.74) is 1.18. The smallest absolute Gasteiger partial charge is 0.101 e. The third kappa shape index (κ3) is 3.47. The molecule has 2 nitrogen and oxygen atoms in total. The fraction of sp³-hybridized carbons (Fsp3) is 0.429. The molecule has 0 aliphatic rings. The van der Waals surface area contributed by atoms with E-state index in [1.54, 1.807) is 7.11 Å². The molecule has 2 heteroatoms. The van der Waals surface area contributed by atoms with Crippen LogP contribution in [0.3, 0.4) is 0 Å². The zero-order valence-corrected chi connectivity index (χ0v) is 10.1. The fourth-order valence-corrected chi connectivity index (χ4v) is 1.76. The lowest BCUT2D eigenvalue weighted by Crippen LogP contribution is -2.34. The Balaban J connectivity index is 2.75. The summed E-state index contributed by atoms with van der Waals surface area (Å²) in [5.74, 6) is 0. The summed E-state index contributed by atoms with van der Waals surface area (Å²) < 4.78 is 5.55. The molecular weight excluding hydrogens is 198 g/mol. The molecule has 0 fully saturated rings. The lowest BCUT2D eigenvalue weighted by atomic mass is 10.0. The summed E-state index contributed by atoms with van der Waals surface area (Å²) >= 11 is 0. The first-order valence-corrected chi connectivity index (χ1v) is 5.77. The first-order valence-electron chi connectivity index (χ1n) is 5.77. The molecule has 1 N–H and O–H groups in total. The SMILES string of the molecule is C=CC(NCCC)C(OC)c1ccccc1. The second kappa shape index (κ2) is 7.20. The summed E-state index contributed by atoms with van der Waals surface area (Å²) in [7, 11) is 1.74. The highest BCUT2D eigenvalue weighted by atomic mass is 16.5. The number of hydrogen-bond acceptors (Lipinski definition) is 2. The van der Waals surface area contributed by atoms with Gasteiger partial charge in [-0.05, 0) is 18.5 Å². The molecule has 0 radical (unpaired) electrons. The third-order valence-electron chi connectivity index (χ3n) is 2.59. The van der Waals surface area contributed by atoms with Crippen LogP contribution in [-0.2, 0) is 4.74 Å². The molecule has 2 unspecified atom stereocenters. The maximum absolute atomic E-state index is 5.55. The summed E-state index contributed by atoms with van der Waals surface area (Å²) in [6.45, 7) is 6.99. The minimum atomic E-state index is 0.0326. The Morgan fingerprint density at radius 2 is 2.06 bits per heavy atom. The molecule has 1 rings (SSSR count). The Hall–Kier alpha value is -1.12. The van der Waals surface area contributed by atoms with Crippen molar-refractivity contribution in [2.45, 2.75) is 25.5 Å². The van der Waals surface area contributed by atoms with Crippen molar-refractivity contribution in [2.75, 3.05) is 13.7 Å². The van der Waals surface area contributed by atoms with Crippen molar-refractivity contribution >= 4 is 0 Å². The van der Waals surface area contributed by atoms with Gasteiger partial charge in [0.1, 0.15) is 6.10 Å². The molecular formula is C14H21NO. The summed E-state index contributed by atoms with van der Waals surface area (Å²) in [6, 6.07) is 10.4. The van der Waals surface area contributed by atoms with Crippen LogP contribution in [0, 0.1) is 0 Å². The van der Waals surface area contributed by atoms with Crippen LogP contribution in [0.1, 0.15) is 25.0 Å². The van der Waals surface area contributed by atoms with E-state index in [4.69, 9.17) is 4.74 Å². The van der Waals surface area contributed by atoms with Gasteiger partial charge in [-0.15, -0.1) is 6.58 Å². The van der Waals surface area contributed by atoms with E-state index < -0.39 is 0 Å². The first kappa shape index (κ1) is 12.9. The molecule has 0 spiro atoms. The number of methoxy groups -OCH3 is 1. The van der Waals surface area contributed by atoms with Gasteiger partial charge in [-0.3, -0.25) is 0 Å².